The highest BCUT2D eigenvalue weighted by atomic mass is 16.6. The van der Waals surface area contributed by atoms with Gasteiger partial charge in [0.25, 0.3) is 0 Å². The van der Waals surface area contributed by atoms with Gasteiger partial charge in [-0.05, 0) is 74.2 Å². The van der Waals surface area contributed by atoms with Crippen LogP contribution in [-0.4, -0.2) is 42.3 Å². The van der Waals surface area contributed by atoms with E-state index in [4.69, 9.17) is 14.2 Å². The van der Waals surface area contributed by atoms with Crippen molar-refractivity contribution in [2.24, 2.45) is 0 Å². The molecule has 0 radical (unpaired) electrons. The molecule has 5 rings (SSSR count). The summed E-state index contributed by atoms with van der Waals surface area (Å²) in [7, 11) is 1.38. The van der Waals surface area contributed by atoms with Gasteiger partial charge in [-0.15, -0.1) is 0 Å². The summed E-state index contributed by atoms with van der Waals surface area (Å²) >= 11 is 0. The third-order valence-corrected chi connectivity index (χ3v) is 7.59. The molecule has 0 spiro atoms. The van der Waals surface area contributed by atoms with Crippen LogP contribution in [0.1, 0.15) is 73.1 Å². The average Bonchev–Trinajstić information content (AvgIpc) is 2.97. The molecule has 6 nitrogen and oxygen atoms in total. The van der Waals surface area contributed by atoms with Crippen LogP contribution in [0.25, 0.3) is 10.8 Å². The van der Waals surface area contributed by atoms with Crippen molar-refractivity contribution in [3.05, 3.63) is 113 Å². The van der Waals surface area contributed by atoms with E-state index in [9.17, 15) is 9.59 Å². The van der Waals surface area contributed by atoms with Crippen molar-refractivity contribution in [1.29, 1.82) is 0 Å². The minimum atomic E-state index is -0.641. The van der Waals surface area contributed by atoms with Crippen LogP contribution in [0.15, 0.2) is 91.0 Å². The summed E-state index contributed by atoms with van der Waals surface area (Å²) in [5.74, 6) is 0.468. The topological polar surface area (TPSA) is 65.1 Å². The van der Waals surface area contributed by atoms with Crippen LogP contribution in [0.5, 0.6) is 5.75 Å². The van der Waals surface area contributed by atoms with Gasteiger partial charge in [0.05, 0.1) is 25.3 Å². The minimum absolute atomic E-state index is 0.0324. The molecule has 212 valence electrons. The number of esters is 1. The molecule has 1 aliphatic rings. The van der Waals surface area contributed by atoms with Gasteiger partial charge < -0.3 is 14.2 Å². The molecule has 0 saturated carbocycles. The van der Waals surface area contributed by atoms with Crippen molar-refractivity contribution < 1.29 is 23.8 Å². The quantitative estimate of drug-likeness (QED) is 0.228. The zero-order chi connectivity index (χ0) is 29.1. The van der Waals surface area contributed by atoms with Crippen LogP contribution in [0.2, 0.25) is 0 Å². The molecule has 0 bridgehead atoms. The third kappa shape index (κ3) is 6.22. The van der Waals surface area contributed by atoms with E-state index in [1.165, 1.54) is 7.11 Å². The highest BCUT2D eigenvalue weighted by molar-refractivity contribution is 5.89. The van der Waals surface area contributed by atoms with E-state index in [0.717, 1.165) is 33.2 Å². The van der Waals surface area contributed by atoms with Crippen molar-refractivity contribution >= 4 is 22.8 Å². The fourth-order valence-electron chi connectivity index (χ4n) is 5.60. The number of carbonyl (C=O) groups excluding carboxylic acids is 2. The molecule has 1 aliphatic heterocycles. The smallest absolute Gasteiger partial charge is 0.410 e. The Morgan fingerprint density at radius 3 is 2.34 bits per heavy atom. The molecule has 6 heteroatoms. The summed E-state index contributed by atoms with van der Waals surface area (Å²) in [4.78, 5) is 27.5. The molecule has 4 aromatic rings. The van der Waals surface area contributed by atoms with Crippen molar-refractivity contribution in [2.75, 3.05) is 13.7 Å². The first-order chi connectivity index (χ1) is 19.6. The highest BCUT2D eigenvalue weighted by Crippen LogP contribution is 2.41. The maximum absolute atomic E-state index is 13.7. The number of amides is 1. The Kier molecular flexibility index (Phi) is 8.02. The van der Waals surface area contributed by atoms with Gasteiger partial charge in [-0.25, -0.2) is 9.59 Å². The Bertz CT molecular complexity index is 1530. The van der Waals surface area contributed by atoms with Gasteiger partial charge in [0.15, 0.2) is 0 Å². The van der Waals surface area contributed by atoms with Gasteiger partial charge >= 0.3 is 12.1 Å². The Labute approximate surface area is 241 Å². The molecular formula is C35H37NO5. The van der Waals surface area contributed by atoms with Crippen LogP contribution in [0.4, 0.5) is 4.79 Å². The Morgan fingerprint density at radius 2 is 1.61 bits per heavy atom. The minimum Gasteiger partial charge on any atom is -0.488 e. The summed E-state index contributed by atoms with van der Waals surface area (Å²) in [6.45, 7) is 8.04. The number of benzene rings is 4. The number of hydrogen-bond donors (Lipinski definition) is 0. The first-order valence-corrected chi connectivity index (χ1v) is 14.1. The summed E-state index contributed by atoms with van der Waals surface area (Å²) < 4.78 is 17.3. The van der Waals surface area contributed by atoms with Crippen molar-refractivity contribution in [3.63, 3.8) is 0 Å². The monoisotopic (exact) mass is 551 g/mol. The van der Waals surface area contributed by atoms with E-state index in [0.29, 0.717) is 18.5 Å². The number of nitrogens with zero attached hydrogens (tertiary/aromatic N) is 1. The predicted octanol–water partition coefficient (Wildman–Crippen LogP) is 7.91. The SMILES string of the molecule is COC(=O)c1ccc(C2CC(CN(C(=O)OC(C)(C)C)C(C)c3cccc4ccccc34)Oc3ccccc32)cc1. The van der Waals surface area contributed by atoms with Crippen LogP contribution < -0.4 is 4.74 Å². The molecular weight excluding hydrogens is 514 g/mol. The molecule has 1 amide bonds. The predicted molar refractivity (Wildman–Crippen MR) is 160 cm³/mol. The lowest BCUT2D eigenvalue weighted by Gasteiger charge is -2.38. The first-order valence-electron chi connectivity index (χ1n) is 14.1. The van der Waals surface area contributed by atoms with Gasteiger partial charge in [0.1, 0.15) is 17.5 Å². The molecule has 0 N–H and O–H groups in total. The van der Waals surface area contributed by atoms with Crippen molar-refractivity contribution in [3.8, 4) is 5.75 Å². The molecule has 0 saturated heterocycles. The van der Waals surface area contributed by atoms with Gasteiger partial charge in [-0.2, -0.15) is 0 Å². The summed E-state index contributed by atoms with van der Waals surface area (Å²) in [6.07, 6.45) is 0.00960. The number of carbonyl (C=O) groups is 2. The van der Waals surface area contributed by atoms with Crippen LogP contribution in [0, 0.1) is 0 Å². The molecule has 41 heavy (non-hydrogen) atoms. The second kappa shape index (κ2) is 11.7. The number of methoxy groups -OCH3 is 1. The number of fused-ring (bicyclic) bond motifs is 2. The zero-order valence-electron chi connectivity index (χ0n) is 24.3. The average molecular weight is 552 g/mol. The Balaban J connectivity index is 1.48. The van der Waals surface area contributed by atoms with E-state index in [1.54, 1.807) is 17.0 Å². The molecule has 3 atom stereocenters. The van der Waals surface area contributed by atoms with Gasteiger partial charge in [0, 0.05) is 11.5 Å². The maximum Gasteiger partial charge on any atom is 0.410 e. The molecule has 0 aliphatic carbocycles. The van der Waals surface area contributed by atoms with Crippen molar-refractivity contribution in [2.45, 2.75) is 57.8 Å². The maximum atomic E-state index is 13.7. The molecule has 1 heterocycles. The number of hydrogen-bond acceptors (Lipinski definition) is 5. The van der Waals surface area contributed by atoms with Crippen LogP contribution in [-0.2, 0) is 9.47 Å². The number of rotatable bonds is 6. The lowest BCUT2D eigenvalue weighted by atomic mass is 9.83. The van der Waals surface area contributed by atoms with E-state index >= 15 is 0 Å². The zero-order valence-corrected chi connectivity index (χ0v) is 24.3. The van der Waals surface area contributed by atoms with Gasteiger partial charge in [0.2, 0.25) is 0 Å². The molecule has 3 unspecified atom stereocenters. The largest absolute Gasteiger partial charge is 0.488 e. The fourth-order valence-corrected chi connectivity index (χ4v) is 5.60. The normalized spacial score (nSPS) is 17.2. The van der Waals surface area contributed by atoms with E-state index in [2.05, 4.69) is 30.3 Å². The second-order valence-corrected chi connectivity index (χ2v) is 11.6. The standard InChI is InChI=1S/C35H37NO5/c1-23(28-15-10-12-24-11-6-7-13-29(24)28)36(34(38)41-35(2,3)4)22-27-21-31(30-14-8-9-16-32(30)40-27)25-17-19-26(20-18-25)33(37)39-5/h6-20,23,27,31H,21-22H2,1-5H3. The summed E-state index contributed by atoms with van der Waals surface area (Å²) in [6, 6.07) is 29.7. The van der Waals surface area contributed by atoms with Crippen LogP contribution >= 0.6 is 0 Å². The highest BCUT2D eigenvalue weighted by Gasteiger charge is 2.35. The summed E-state index contributed by atoms with van der Waals surface area (Å²) in [5, 5.41) is 2.23. The fraction of sp³-hybridized carbons (Fsp3) is 0.314. The number of ether oxygens (including phenoxy) is 3. The van der Waals surface area contributed by atoms with Gasteiger partial charge in [-0.1, -0.05) is 72.8 Å². The third-order valence-electron chi connectivity index (χ3n) is 7.59. The van der Waals surface area contributed by atoms with Crippen LogP contribution in [0.3, 0.4) is 0 Å². The number of para-hydroxylation sites is 1. The Hall–Kier alpha value is -4.32. The lowest BCUT2D eigenvalue weighted by molar-refractivity contribution is 0.00570. The summed E-state index contributed by atoms with van der Waals surface area (Å²) in [5.41, 5.74) is 3.08. The molecule has 0 aromatic heterocycles. The van der Waals surface area contributed by atoms with E-state index < -0.39 is 5.60 Å². The van der Waals surface area contributed by atoms with Crippen molar-refractivity contribution in [1.82, 2.24) is 4.90 Å². The molecule has 4 aromatic carbocycles. The Morgan fingerprint density at radius 1 is 0.927 bits per heavy atom. The first kappa shape index (κ1) is 28.2. The molecule has 0 fully saturated rings. The lowest BCUT2D eigenvalue weighted by Crippen LogP contribution is -2.45. The van der Waals surface area contributed by atoms with E-state index in [1.807, 2.05) is 76.2 Å². The second-order valence-electron chi connectivity index (χ2n) is 11.6. The van der Waals surface area contributed by atoms with Gasteiger partial charge in [-0.3, -0.25) is 4.90 Å². The van der Waals surface area contributed by atoms with E-state index in [-0.39, 0.29) is 30.1 Å².